The minimum Gasteiger partial charge on any atom is -0.366 e. The van der Waals surface area contributed by atoms with E-state index in [0.29, 0.717) is 11.5 Å². The van der Waals surface area contributed by atoms with Crippen molar-refractivity contribution in [1.29, 1.82) is 0 Å². The van der Waals surface area contributed by atoms with Crippen LogP contribution in [-0.2, 0) is 0 Å². The van der Waals surface area contributed by atoms with Crippen molar-refractivity contribution >= 4 is 11.7 Å². The van der Waals surface area contributed by atoms with Crippen molar-refractivity contribution in [3.05, 3.63) is 48.2 Å². The molecular weight excluding hydrogens is 266 g/mol. The molecule has 0 aromatic carbocycles. The highest BCUT2D eigenvalue weighted by molar-refractivity contribution is 5.92. The molecule has 0 saturated carbocycles. The number of nitrogens with two attached hydrogens (primary N) is 1. The summed E-state index contributed by atoms with van der Waals surface area (Å²) in [5.41, 5.74) is 6.74. The van der Waals surface area contributed by atoms with E-state index in [9.17, 15) is 4.79 Å². The van der Waals surface area contributed by atoms with Gasteiger partial charge >= 0.3 is 0 Å². The molecule has 0 spiro atoms. The molecule has 6 heteroatoms. The molecule has 0 bridgehead atoms. The Kier molecular flexibility index (Phi) is 3.77. The number of nitrogens with zero attached hydrogens (tertiary/aromatic N) is 4. The molecule has 1 unspecified atom stereocenters. The fourth-order valence-electron chi connectivity index (χ4n) is 2.69. The van der Waals surface area contributed by atoms with Gasteiger partial charge in [0.05, 0.1) is 5.56 Å². The number of aromatic nitrogens is 3. The molecule has 2 aromatic rings. The summed E-state index contributed by atoms with van der Waals surface area (Å²) in [5.74, 6) is 0.810. The molecule has 108 valence electrons. The summed E-state index contributed by atoms with van der Waals surface area (Å²) in [5, 5.41) is 0. The second kappa shape index (κ2) is 5.87. The Hall–Kier alpha value is -2.50. The number of anilines is 1. The average Bonchev–Trinajstić information content (AvgIpc) is 2.56. The molecule has 1 aliphatic rings. The maximum absolute atomic E-state index is 11.1. The first-order valence-corrected chi connectivity index (χ1v) is 7.01. The Morgan fingerprint density at radius 3 is 2.86 bits per heavy atom. The van der Waals surface area contributed by atoms with Crippen LogP contribution in [0, 0.1) is 0 Å². The van der Waals surface area contributed by atoms with E-state index in [4.69, 9.17) is 5.73 Å². The predicted octanol–water partition coefficient (Wildman–Crippen LogP) is 1.35. The third-order valence-electron chi connectivity index (χ3n) is 3.80. The van der Waals surface area contributed by atoms with Crippen molar-refractivity contribution in [1.82, 2.24) is 15.0 Å². The van der Waals surface area contributed by atoms with Gasteiger partial charge in [0.25, 0.3) is 0 Å². The smallest absolute Gasteiger partial charge is 0.250 e. The van der Waals surface area contributed by atoms with Crippen molar-refractivity contribution in [2.24, 2.45) is 5.73 Å². The number of hydrogen-bond donors (Lipinski definition) is 1. The van der Waals surface area contributed by atoms with Gasteiger partial charge in [0, 0.05) is 37.1 Å². The molecule has 2 aromatic heterocycles. The number of piperidine rings is 1. The van der Waals surface area contributed by atoms with E-state index in [2.05, 4.69) is 19.9 Å². The zero-order chi connectivity index (χ0) is 14.7. The van der Waals surface area contributed by atoms with Gasteiger partial charge in [-0.2, -0.15) is 0 Å². The Bertz CT molecular complexity index is 614. The van der Waals surface area contributed by atoms with Crippen LogP contribution in [0.25, 0.3) is 0 Å². The number of pyridine rings is 1. The predicted molar refractivity (Wildman–Crippen MR) is 79.0 cm³/mol. The number of rotatable bonds is 3. The molecule has 3 heterocycles. The number of hydrogen-bond acceptors (Lipinski definition) is 5. The Morgan fingerprint density at radius 2 is 2.19 bits per heavy atom. The Labute approximate surface area is 123 Å². The van der Waals surface area contributed by atoms with Crippen LogP contribution in [-0.4, -0.2) is 33.9 Å². The molecule has 1 aliphatic heterocycles. The molecular formula is C15H17N5O. The molecule has 1 fully saturated rings. The van der Waals surface area contributed by atoms with Crippen LogP contribution in [0.4, 0.5) is 5.82 Å². The van der Waals surface area contributed by atoms with E-state index >= 15 is 0 Å². The van der Waals surface area contributed by atoms with Gasteiger partial charge in [-0.1, -0.05) is 0 Å². The molecule has 2 N–H and O–H groups in total. The van der Waals surface area contributed by atoms with Gasteiger partial charge in [-0.25, -0.2) is 15.0 Å². The topological polar surface area (TPSA) is 85.0 Å². The Morgan fingerprint density at radius 1 is 1.29 bits per heavy atom. The van der Waals surface area contributed by atoms with Gasteiger partial charge in [-0.05, 0) is 31.0 Å². The largest absolute Gasteiger partial charge is 0.366 e. The number of primary amides is 1. The zero-order valence-corrected chi connectivity index (χ0v) is 11.6. The normalized spacial score (nSPS) is 18.5. The molecule has 0 radical (unpaired) electrons. The van der Waals surface area contributed by atoms with E-state index in [0.717, 1.165) is 37.4 Å². The Balaban J connectivity index is 1.75. The average molecular weight is 283 g/mol. The van der Waals surface area contributed by atoms with Crippen LogP contribution < -0.4 is 10.6 Å². The van der Waals surface area contributed by atoms with E-state index in [1.807, 2.05) is 12.1 Å². The minimum absolute atomic E-state index is 0.388. The monoisotopic (exact) mass is 283 g/mol. The van der Waals surface area contributed by atoms with Crippen LogP contribution in [0.1, 0.15) is 34.8 Å². The molecule has 3 rings (SSSR count). The lowest BCUT2D eigenvalue weighted by Crippen LogP contribution is -2.35. The maximum Gasteiger partial charge on any atom is 0.250 e. The van der Waals surface area contributed by atoms with E-state index in [-0.39, 0.29) is 0 Å². The first-order chi connectivity index (χ1) is 10.2. The van der Waals surface area contributed by atoms with Gasteiger partial charge in [-0.3, -0.25) is 4.79 Å². The highest BCUT2D eigenvalue weighted by atomic mass is 16.1. The third kappa shape index (κ3) is 2.99. The summed E-state index contributed by atoms with van der Waals surface area (Å²) in [6, 6.07) is 5.54. The fraction of sp³-hybridized carbons (Fsp3) is 0.333. The fourth-order valence-corrected chi connectivity index (χ4v) is 2.69. The summed E-state index contributed by atoms with van der Waals surface area (Å²) < 4.78 is 0. The second-order valence-corrected chi connectivity index (χ2v) is 5.19. The molecule has 1 atom stereocenters. The highest BCUT2D eigenvalue weighted by Gasteiger charge is 2.23. The van der Waals surface area contributed by atoms with E-state index in [1.54, 1.807) is 18.6 Å². The molecule has 21 heavy (non-hydrogen) atoms. The molecule has 1 amide bonds. The van der Waals surface area contributed by atoms with Crippen LogP contribution in [0.5, 0.6) is 0 Å². The lowest BCUT2D eigenvalue weighted by Gasteiger charge is -2.33. The highest BCUT2D eigenvalue weighted by Crippen LogP contribution is 2.27. The van der Waals surface area contributed by atoms with Gasteiger partial charge in [0.15, 0.2) is 0 Å². The van der Waals surface area contributed by atoms with Crippen molar-refractivity contribution < 1.29 is 4.79 Å². The van der Waals surface area contributed by atoms with Crippen molar-refractivity contribution in [2.75, 3.05) is 18.0 Å². The van der Waals surface area contributed by atoms with Crippen LogP contribution in [0.15, 0.2) is 36.9 Å². The van der Waals surface area contributed by atoms with Gasteiger partial charge in [0.2, 0.25) is 5.91 Å². The van der Waals surface area contributed by atoms with Crippen LogP contribution >= 0.6 is 0 Å². The number of amides is 1. The van der Waals surface area contributed by atoms with Crippen LogP contribution in [0.2, 0.25) is 0 Å². The standard InChI is InChI=1S/C15H17N5O/c16-15(21)11-3-4-14(18-8-11)20-7-1-2-12(9-20)13-5-6-17-10-19-13/h3-6,8,10,12H,1-2,7,9H2,(H2,16,21). The summed E-state index contributed by atoms with van der Waals surface area (Å²) in [4.78, 5) is 26.0. The SMILES string of the molecule is NC(=O)c1ccc(N2CCCC(c3ccncn3)C2)nc1. The molecule has 1 saturated heterocycles. The molecule has 6 nitrogen and oxygen atoms in total. The maximum atomic E-state index is 11.1. The zero-order valence-electron chi connectivity index (χ0n) is 11.6. The summed E-state index contributed by atoms with van der Waals surface area (Å²) in [7, 11) is 0. The van der Waals surface area contributed by atoms with Gasteiger partial charge in [-0.15, -0.1) is 0 Å². The van der Waals surface area contributed by atoms with Crippen molar-refractivity contribution in [2.45, 2.75) is 18.8 Å². The van der Waals surface area contributed by atoms with E-state index < -0.39 is 5.91 Å². The first-order valence-electron chi connectivity index (χ1n) is 7.01. The van der Waals surface area contributed by atoms with E-state index in [1.165, 1.54) is 6.20 Å². The van der Waals surface area contributed by atoms with Crippen molar-refractivity contribution in [3.63, 3.8) is 0 Å². The number of carbonyl (C=O) groups excluding carboxylic acids is 1. The summed E-state index contributed by atoms with van der Waals surface area (Å²) in [6.45, 7) is 1.84. The second-order valence-electron chi connectivity index (χ2n) is 5.19. The van der Waals surface area contributed by atoms with Crippen molar-refractivity contribution in [3.8, 4) is 0 Å². The van der Waals surface area contributed by atoms with Crippen LogP contribution in [0.3, 0.4) is 0 Å². The van der Waals surface area contributed by atoms with Gasteiger partial charge < -0.3 is 10.6 Å². The summed E-state index contributed by atoms with van der Waals surface area (Å²) >= 11 is 0. The number of carbonyl (C=O) groups is 1. The first kappa shape index (κ1) is 13.5. The summed E-state index contributed by atoms with van der Waals surface area (Å²) in [6.07, 6.45) is 7.11. The molecule has 0 aliphatic carbocycles. The third-order valence-corrected chi connectivity index (χ3v) is 3.80. The lowest BCUT2D eigenvalue weighted by atomic mass is 9.94. The van der Waals surface area contributed by atoms with Gasteiger partial charge in [0.1, 0.15) is 12.1 Å². The quantitative estimate of drug-likeness (QED) is 0.919. The lowest BCUT2D eigenvalue weighted by molar-refractivity contribution is 0.1000. The minimum atomic E-state index is -0.452.